The predicted molar refractivity (Wildman–Crippen MR) is 90.6 cm³/mol. The lowest BCUT2D eigenvalue weighted by atomic mass is 9.95. The van der Waals surface area contributed by atoms with E-state index in [1.54, 1.807) is 6.92 Å². The van der Waals surface area contributed by atoms with Crippen LogP contribution in [0.25, 0.3) is 0 Å². The van der Waals surface area contributed by atoms with Crippen molar-refractivity contribution < 1.29 is 19.1 Å². The zero-order valence-corrected chi connectivity index (χ0v) is 14.3. The van der Waals surface area contributed by atoms with Crippen molar-refractivity contribution in [3.63, 3.8) is 0 Å². The highest BCUT2D eigenvalue weighted by molar-refractivity contribution is 5.95. The Morgan fingerprint density at radius 1 is 1.25 bits per heavy atom. The molecule has 1 aromatic carbocycles. The van der Waals surface area contributed by atoms with E-state index >= 15 is 0 Å². The van der Waals surface area contributed by atoms with E-state index in [4.69, 9.17) is 9.47 Å². The van der Waals surface area contributed by atoms with E-state index in [2.05, 4.69) is 10.6 Å². The molecule has 1 aromatic rings. The molecule has 2 rings (SSSR count). The Labute approximate surface area is 142 Å². The number of hydrogen-bond acceptors (Lipinski definition) is 4. The van der Waals surface area contributed by atoms with Crippen molar-refractivity contribution in [2.45, 2.75) is 39.7 Å². The Bertz CT molecular complexity index is 640. The smallest absolute Gasteiger partial charge is 0.338 e. The van der Waals surface area contributed by atoms with Gasteiger partial charge in [0.2, 0.25) is 0 Å². The number of unbranched alkanes of at least 4 members (excludes halogenated alkanes) is 1. The lowest BCUT2D eigenvalue weighted by Crippen LogP contribution is -2.45. The van der Waals surface area contributed by atoms with E-state index in [0.29, 0.717) is 30.2 Å². The minimum atomic E-state index is -0.601. The lowest BCUT2D eigenvalue weighted by molar-refractivity contribution is -0.139. The van der Waals surface area contributed by atoms with Crippen molar-refractivity contribution in [2.75, 3.05) is 13.2 Å². The Kier molecular flexibility index (Phi) is 6.23. The number of amides is 2. The average Bonchev–Trinajstić information content (AvgIpc) is 2.55. The summed E-state index contributed by atoms with van der Waals surface area (Å²) in [5, 5.41) is 5.43. The topological polar surface area (TPSA) is 76.7 Å². The fourth-order valence-corrected chi connectivity index (χ4v) is 2.59. The third-order valence-electron chi connectivity index (χ3n) is 3.75. The van der Waals surface area contributed by atoms with E-state index in [1.807, 2.05) is 38.1 Å². The molecule has 2 amide bonds. The van der Waals surface area contributed by atoms with Crippen molar-refractivity contribution in [3.05, 3.63) is 41.1 Å². The van der Waals surface area contributed by atoms with Crippen LogP contribution < -0.4 is 15.4 Å². The lowest BCUT2D eigenvalue weighted by Gasteiger charge is -2.29. The van der Waals surface area contributed by atoms with E-state index in [9.17, 15) is 9.59 Å². The maximum Gasteiger partial charge on any atom is 0.338 e. The Morgan fingerprint density at radius 2 is 2.00 bits per heavy atom. The van der Waals surface area contributed by atoms with Crippen molar-refractivity contribution >= 4 is 12.0 Å². The number of benzene rings is 1. The van der Waals surface area contributed by atoms with E-state index < -0.39 is 12.0 Å². The summed E-state index contributed by atoms with van der Waals surface area (Å²) in [4.78, 5) is 24.4. The molecule has 1 atom stereocenters. The van der Waals surface area contributed by atoms with Gasteiger partial charge >= 0.3 is 12.0 Å². The largest absolute Gasteiger partial charge is 0.494 e. The Morgan fingerprint density at radius 3 is 2.71 bits per heavy atom. The molecule has 130 valence electrons. The zero-order valence-electron chi connectivity index (χ0n) is 14.3. The second-order valence-electron chi connectivity index (χ2n) is 5.53. The molecular formula is C18H24N2O4. The number of carbonyl (C=O) groups is 2. The first-order chi connectivity index (χ1) is 11.6. The number of rotatable bonds is 7. The first-order valence-electron chi connectivity index (χ1n) is 8.25. The Hall–Kier alpha value is -2.50. The second kappa shape index (κ2) is 8.38. The van der Waals surface area contributed by atoms with Crippen LogP contribution in [0.5, 0.6) is 5.75 Å². The first kappa shape index (κ1) is 17.8. The summed E-state index contributed by atoms with van der Waals surface area (Å²) in [7, 11) is 0. The molecule has 0 fully saturated rings. The average molecular weight is 332 g/mol. The fraction of sp³-hybridized carbons (Fsp3) is 0.444. The van der Waals surface area contributed by atoms with Crippen LogP contribution in [0.4, 0.5) is 4.79 Å². The van der Waals surface area contributed by atoms with Gasteiger partial charge < -0.3 is 20.1 Å². The molecule has 0 saturated heterocycles. The maximum atomic E-state index is 12.5. The Balaban J connectivity index is 2.36. The van der Waals surface area contributed by atoms with Crippen LogP contribution in [-0.2, 0) is 9.53 Å². The van der Waals surface area contributed by atoms with Gasteiger partial charge in [0.05, 0.1) is 24.8 Å². The van der Waals surface area contributed by atoms with Crippen LogP contribution in [0.3, 0.4) is 0 Å². The summed E-state index contributed by atoms with van der Waals surface area (Å²) < 4.78 is 11.0. The van der Waals surface area contributed by atoms with E-state index in [0.717, 1.165) is 18.4 Å². The van der Waals surface area contributed by atoms with E-state index in [1.165, 1.54) is 0 Å². The van der Waals surface area contributed by atoms with Crippen LogP contribution in [0, 0.1) is 0 Å². The minimum Gasteiger partial charge on any atom is -0.494 e. The molecule has 24 heavy (non-hydrogen) atoms. The molecule has 6 heteroatoms. The van der Waals surface area contributed by atoms with Gasteiger partial charge in [-0.3, -0.25) is 0 Å². The van der Waals surface area contributed by atoms with Gasteiger partial charge in [-0.1, -0.05) is 31.5 Å². The van der Waals surface area contributed by atoms with Crippen molar-refractivity contribution in [3.8, 4) is 5.75 Å². The summed E-state index contributed by atoms with van der Waals surface area (Å²) >= 11 is 0. The number of nitrogens with one attached hydrogen (secondary N) is 2. The van der Waals surface area contributed by atoms with Crippen molar-refractivity contribution in [1.29, 1.82) is 0 Å². The highest BCUT2D eigenvalue weighted by atomic mass is 16.5. The van der Waals surface area contributed by atoms with Gasteiger partial charge in [0, 0.05) is 11.3 Å². The van der Waals surface area contributed by atoms with Gasteiger partial charge in [0.25, 0.3) is 0 Å². The van der Waals surface area contributed by atoms with Gasteiger partial charge in [-0.05, 0) is 26.3 Å². The molecule has 0 unspecified atom stereocenters. The molecule has 1 heterocycles. The van der Waals surface area contributed by atoms with Crippen LogP contribution in [-0.4, -0.2) is 25.2 Å². The number of ether oxygens (including phenoxy) is 2. The molecule has 2 N–H and O–H groups in total. The summed E-state index contributed by atoms with van der Waals surface area (Å²) in [6.45, 7) is 6.47. The van der Waals surface area contributed by atoms with Crippen LogP contribution in [0.15, 0.2) is 35.5 Å². The van der Waals surface area contributed by atoms with Crippen LogP contribution in [0.1, 0.15) is 45.2 Å². The monoisotopic (exact) mass is 332 g/mol. The molecular weight excluding hydrogens is 308 g/mol. The normalized spacial score (nSPS) is 17.1. The number of urea groups is 1. The highest BCUT2D eigenvalue weighted by Gasteiger charge is 2.33. The van der Waals surface area contributed by atoms with Crippen LogP contribution >= 0.6 is 0 Å². The minimum absolute atomic E-state index is 0.353. The third kappa shape index (κ3) is 4.07. The van der Waals surface area contributed by atoms with Gasteiger partial charge in [-0.15, -0.1) is 0 Å². The maximum absolute atomic E-state index is 12.5. The van der Waals surface area contributed by atoms with Crippen LogP contribution in [0.2, 0.25) is 0 Å². The number of para-hydroxylation sites is 1. The summed E-state index contributed by atoms with van der Waals surface area (Å²) in [5.74, 6) is 0.212. The van der Waals surface area contributed by atoms with Gasteiger partial charge in [0.15, 0.2) is 0 Å². The molecule has 1 aliphatic heterocycles. The zero-order chi connectivity index (χ0) is 17.5. The predicted octanol–water partition coefficient (Wildman–Crippen LogP) is 3.06. The number of hydrogen-bond donors (Lipinski definition) is 2. The number of allylic oxidation sites excluding steroid dienone is 1. The molecule has 0 aliphatic carbocycles. The molecule has 0 spiro atoms. The summed E-state index contributed by atoms with van der Waals surface area (Å²) in [5.41, 5.74) is 1.63. The second-order valence-corrected chi connectivity index (χ2v) is 5.53. The van der Waals surface area contributed by atoms with Crippen molar-refractivity contribution in [2.24, 2.45) is 0 Å². The SMILES string of the molecule is CCCCOC(=O)C1=C(C)NC(=O)N[C@H]1c1ccccc1OCC. The summed E-state index contributed by atoms with van der Waals surface area (Å²) in [6, 6.07) is 6.41. The number of carbonyl (C=O) groups excluding carboxylic acids is 2. The molecule has 6 nitrogen and oxygen atoms in total. The van der Waals surface area contributed by atoms with Gasteiger partial charge in [0.1, 0.15) is 5.75 Å². The third-order valence-corrected chi connectivity index (χ3v) is 3.75. The fourth-order valence-electron chi connectivity index (χ4n) is 2.59. The molecule has 0 radical (unpaired) electrons. The standard InChI is InChI=1S/C18H24N2O4/c1-4-6-11-24-17(21)15-12(3)19-18(22)20-16(15)13-9-7-8-10-14(13)23-5-2/h7-10,16H,4-6,11H2,1-3H3,(H2,19,20,22)/t16-/m0/s1. The van der Waals surface area contributed by atoms with Crippen molar-refractivity contribution in [1.82, 2.24) is 10.6 Å². The highest BCUT2D eigenvalue weighted by Crippen LogP contribution is 2.33. The van der Waals surface area contributed by atoms with Gasteiger partial charge in [-0.25, -0.2) is 9.59 Å². The van der Waals surface area contributed by atoms with E-state index in [-0.39, 0.29) is 6.03 Å². The quantitative estimate of drug-likeness (QED) is 0.594. The molecule has 1 aliphatic rings. The molecule has 0 saturated carbocycles. The molecule has 0 aromatic heterocycles. The molecule has 0 bridgehead atoms. The number of esters is 1. The first-order valence-corrected chi connectivity index (χ1v) is 8.25. The summed E-state index contributed by atoms with van der Waals surface area (Å²) in [6.07, 6.45) is 1.74. The van der Waals surface area contributed by atoms with Gasteiger partial charge in [-0.2, -0.15) is 0 Å².